The molecular weight excluding hydrogens is 366 g/mol. The second kappa shape index (κ2) is 9.01. The predicted octanol–water partition coefficient (Wildman–Crippen LogP) is 3.44. The van der Waals surface area contributed by atoms with Gasteiger partial charge in [-0.05, 0) is 43.5 Å². The molecule has 0 bridgehead atoms. The highest BCUT2D eigenvalue weighted by Crippen LogP contribution is 2.19. The molecule has 1 atom stereocenters. The van der Waals surface area contributed by atoms with Gasteiger partial charge in [-0.3, -0.25) is 4.79 Å². The largest absolute Gasteiger partial charge is 0.354 e. The Morgan fingerprint density at radius 3 is 1.90 bits per heavy atom. The average molecular weight is 389 g/mol. The van der Waals surface area contributed by atoms with Crippen molar-refractivity contribution in [3.8, 4) is 0 Å². The number of hydrogen-bond donors (Lipinski definition) is 4. The molecule has 29 heavy (non-hydrogen) atoms. The third-order valence-electron chi connectivity index (χ3n) is 4.53. The van der Waals surface area contributed by atoms with Crippen LogP contribution in [0.4, 0.5) is 29.2 Å². The van der Waals surface area contributed by atoms with E-state index >= 15 is 0 Å². The van der Waals surface area contributed by atoms with Crippen LogP contribution in [0.2, 0.25) is 0 Å². The van der Waals surface area contributed by atoms with Crippen LogP contribution in [-0.4, -0.2) is 33.4 Å². The first-order valence-corrected chi connectivity index (χ1v) is 9.71. The van der Waals surface area contributed by atoms with E-state index in [2.05, 4.69) is 36.2 Å². The van der Waals surface area contributed by atoms with E-state index in [0.717, 1.165) is 30.6 Å². The number of anilines is 5. The molecule has 4 rings (SSSR count). The summed E-state index contributed by atoms with van der Waals surface area (Å²) < 4.78 is 0. The van der Waals surface area contributed by atoms with Crippen molar-refractivity contribution in [3.63, 3.8) is 0 Å². The van der Waals surface area contributed by atoms with Crippen molar-refractivity contribution >= 4 is 35.1 Å². The first-order valence-electron chi connectivity index (χ1n) is 9.71. The van der Waals surface area contributed by atoms with Crippen LogP contribution in [0.25, 0.3) is 0 Å². The fourth-order valence-corrected chi connectivity index (χ4v) is 3.09. The van der Waals surface area contributed by atoms with Gasteiger partial charge in [0.25, 0.3) is 0 Å². The summed E-state index contributed by atoms with van der Waals surface area (Å²) >= 11 is 0. The summed E-state index contributed by atoms with van der Waals surface area (Å²) in [4.78, 5) is 25.7. The zero-order chi connectivity index (χ0) is 19.9. The quantitative estimate of drug-likeness (QED) is 0.512. The highest BCUT2D eigenvalue weighted by molar-refractivity contribution is 5.84. The molecule has 1 aromatic heterocycles. The highest BCUT2D eigenvalue weighted by atomic mass is 16.2. The van der Waals surface area contributed by atoms with Crippen molar-refractivity contribution in [2.75, 3.05) is 22.5 Å². The van der Waals surface area contributed by atoms with E-state index in [1.807, 2.05) is 60.7 Å². The number of nitrogens with zero attached hydrogens (tertiary/aromatic N) is 3. The summed E-state index contributed by atoms with van der Waals surface area (Å²) in [6.45, 7) is 0.704. The summed E-state index contributed by atoms with van der Waals surface area (Å²) in [6.07, 6.45) is 2.68. The Bertz CT molecular complexity index is 890. The van der Waals surface area contributed by atoms with Crippen molar-refractivity contribution in [3.05, 3.63) is 60.7 Å². The molecule has 3 aromatic rings. The molecule has 2 heterocycles. The lowest BCUT2D eigenvalue weighted by molar-refractivity contribution is -0.121. The summed E-state index contributed by atoms with van der Waals surface area (Å²) in [7, 11) is 0. The van der Waals surface area contributed by atoms with E-state index in [1.54, 1.807) is 0 Å². The van der Waals surface area contributed by atoms with Gasteiger partial charge in [0.15, 0.2) is 0 Å². The van der Waals surface area contributed by atoms with Gasteiger partial charge in [0.1, 0.15) is 6.04 Å². The fraction of sp³-hybridized carbons (Fsp3) is 0.238. The predicted molar refractivity (Wildman–Crippen MR) is 114 cm³/mol. The summed E-state index contributed by atoms with van der Waals surface area (Å²) in [5, 5.41) is 12.5. The van der Waals surface area contributed by atoms with Crippen LogP contribution in [-0.2, 0) is 4.79 Å². The Labute approximate surface area is 169 Å². The lowest BCUT2D eigenvalue weighted by atomic mass is 10.1. The van der Waals surface area contributed by atoms with Gasteiger partial charge in [-0.2, -0.15) is 15.0 Å². The molecule has 8 nitrogen and oxygen atoms in total. The minimum absolute atomic E-state index is 0.0296. The van der Waals surface area contributed by atoms with E-state index in [-0.39, 0.29) is 11.9 Å². The maximum atomic E-state index is 12.3. The summed E-state index contributed by atoms with van der Waals surface area (Å²) in [5.74, 6) is 1.10. The molecule has 0 radical (unpaired) electrons. The van der Waals surface area contributed by atoms with Crippen molar-refractivity contribution in [2.24, 2.45) is 0 Å². The van der Waals surface area contributed by atoms with Gasteiger partial charge in [0, 0.05) is 17.9 Å². The first kappa shape index (κ1) is 18.7. The number of rotatable bonds is 6. The van der Waals surface area contributed by atoms with Gasteiger partial charge in [0.2, 0.25) is 23.8 Å². The van der Waals surface area contributed by atoms with Crippen LogP contribution >= 0.6 is 0 Å². The van der Waals surface area contributed by atoms with Crippen molar-refractivity contribution in [1.82, 2.24) is 20.3 Å². The van der Waals surface area contributed by atoms with Crippen molar-refractivity contribution in [1.29, 1.82) is 0 Å². The van der Waals surface area contributed by atoms with Gasteiger partial charge < -0.3 is 21.3 Å². The third kappa shape index (κ3) is 5.19. The molecule has 8 heteroatoms. The molecule has 148 valence electrons. The fourth-order valence-electron chi connectivity index (χ4n) is 3.09. The molecule has 4 N–H and O–H groups in total. The van der Waals surface area contributed by atoms with Gasteiger partial charge in [0.05, 0.1) is 0 Å². The van der Waals surface area contributed by atoms with E-state index in [0.29, 0.717) is 24.4 Å². The minimum Gasteiger partial charge on any atom is -0.354 e. The number of para-hydroxylation sites is 2. The van der Waals surface area contributed by atoms with Crippen LogP contribution in [0.1, 0.15) is 19.3 Å². The normalized spacial score (nSPS) is 16.4. The lowest BCUT2D eigenvalue weighted by Gasteiger charge is -2.16. The molecule has 1 saturated heterocycles. The van der Waals surface area contributed by atoms with Gasteiger partial charge >= 0.3 is 0 Å². The number of aromatic nitrogens is 3. The Balaban J connectivity index is 1.60. The number of amides is 1. The molecule has 0 saturated carbocycles. The van der Waals surface area contributed by atoms with Crippen LogP contribution < -0.4 is 21.3 Å². The number of carbonyl (C=O) groups excluding carboxylic acids is 1. The topological polar surface area (TPSA) is 104 Å². The molecule has 1 aliphatic rings. The van der Waals surface area contributed by atoms with Crippen LogP contribution in [0.3, 0.4) is 0 Å². The standard InChI is InChI=1S/C21H23N7O/c29-18-17(13-7-8-14-22-18)25-21-27-19(23-15-9-3-1-4-10-15)26-20(28-21)24-16-11-5-2-6-12-16/h1-6,9-12,17H,7-8,13-14H2,(H,22,29)(H3,23,24,25,26,27,28)/t17-/m0/s1. The Morgan fingerprint density at radius 1 is 0.759 bits per heavy atom. The Morgan fingerprint density at radius 2 is 1.31 bits per heavy atom. The van der Waals surface area contributed by atoms with Crippen LogP contribution in [0.15, 0.2) is 60.7 Å². The lowest BCUT2D eigenvalue weighted by Crippen LogP contribution is -2.38. The Kier molecular flexibility index (Phi) is 5.80. The molecule has 1 aliphatic heterocycles. The van der Waals surface area contributed by atoms with Crippen LogP contribution in [0, 0.1) is 0 Å². The molecule has 1 fully saturated rings. The number of nitrogens with one attached hydrogen (secondary N) is 4. The third-order valence-corrected chi connectivity index (χ3v) is 4.53. The van der Waals surface area contributed by atoms with Crippen molar-refractivity contribution < 1.29 is 4.79 Å². The smallest absolute Gasteiger partial charge is 0.242 e. The molecule has 2 aromatic carbocycles. The average Bonchev–Trinajstić information content (AvgIpc) is 2.94. The van der Waals surface area contributed by atoms with Crippen LogP contribution in [0.5, 0.6) is 0 Å². The monoisotopic (exact) mass is 389 g/mol. The summed E-state index contributed by atoms with van der Waals surface area (Å²) in [5.41, 5.74) is 1.73. The van der Waals surface area contributed by atoms with E-state index in [4.69, 9.17) is 0 Å². The van der Waals surface area contributed by atoms with Gasteiger partial charge in [-0.25, -0.2) is 0 Å². The molecular formula is C21H23N7O. The van der Waals surface area contributed by atoms with E-state index in [1.165, 1.54) is 0 Å². The van der Waals surface area contributed by atoms with Crippen molar-refractivity contribution in [2.45, 2.75) is 25.3 Å². The second-order valence-corrected chi connectivity index (χ2v) is 6.77. The number of hydrogen-bond acceptors (Lipinski definition) is 7. The number of carbonyl (C=O) groups is 1. The zero-order valence-corrected chi connectivity index (χ0v) is 15.9. The molecule has 0 spiro atoms. The summed E-state index contributed by atoms with van der Waals surface area (Å²) in [6, 6.07) is 19.0. The maximum absolute atomic E-state index is 12.3. The van der Waals surface area contributed by atoms with Gasteiger partial charge in [-0.15, -0.1) is 0 Å². The van der Waals surface area contributed by atoms with E-state index < -0.39 is 0 Å². The van der Waals surface area contributed by atoms with Gasteiger partial charge in [-0.1, -0.05) is 36.4 Å². The molecule has 1 amide bonds. The molecule has 0 unspecified atom stereocenters. The molecule has 0 aliphatic carbocycles. The second-order valence-electron chi connectivity index (χ2n) is 6.77. The minimum atomic E-state index is -0.367. The first-order chi connectivity index (χ1) is 14.3. The number of benzene rings is 2. The maximum Gasteiger partial charge on any atom is 0.242 e. The zero-order valence-electron chi connectivity index (χ0n) is 15.9. The SMILES string of the molecule is O=C1NCCCC[C@@H]1Nc1nc(Nc2ccccc2)nc(Nc2ccccc2)n1. The Hall–Kier alpha value is -3.68. The highest BCUT2D eigenvalue weighted by Gasteiger charge is 2.22. The van der Waals surface area contributed by atoms with E-state index in [9.17, 15) is 4.79 Å².